The van der Waals surface area contributed by atoms with Gasteiger partial charge in [-0.1, -0.05) is 12.1 Å². The van der Waals surface area contributed by atoms with Crippen LogP contribution in [-0.2, 0) is 6.54 Å². The molecular formula is C12H12N2O4. The molecule has 0 spiro atoms. The molecule has 0 atom stereocenters. The van der Waals surface area contributed by atoms with Crippen molar-refractivity contribution in [2.24, 2.45) is 0 Å². The van der Waals surface area contributed by atoms with Crippen LogP contribution in [-0.4, -0.2) is 33.1 Å². The van der Waals surface area contributed by atoms with Crippen LogP contribution in [0.3, 0.4) is 0 Å². The minimum absolute atomic E-state index is 0.224. The summed E-state index contributed by atoms with van der Waals surface area (Å²) in [5.74, 6) is -0.876. The summed E-state index contributed by atoms with van der Waals surface area (Å²) in [7, 11) is 1.56. The Morgan fingerprint density at radius 2 is 2.28 bits per heavy atom. The Balaban J connectivity index is 2.31. The Morgan fingerprint density at radius 1 is 1.50 bits per heavy atom. The largest absolute Gasteiger partial charge is 0.504 e. The van der Waals surface area contributed by atoms with Gasteiger partial charge in [-0.25, -0.2) is 4.79 Å². The normalized spacial score (nSPS) is 10.3. The number of methoxy groups -OCH3 is 1. The highest BCUT2D eigenvalue weighted by atomic mass is 16.5. The van der Waals surface area contributed by atoms with Crippen LogP contribution < -0.4 is 4.74 Å². The molecule has 0 aliphatic carbocycles. The lowest BCUT2D eigenvalue weighted by atomic mass is 10.2. The number of ether oxygens (including phenoxy) is 1. The Morgan fingerprint density at radius 3 is 2.94 bits per heavy atom. The van der Waals surface area contributed by atoms with Gasteiger partial charge in [-0.05, 0) is 17.7 Å². The molecule has 0 radical (unpaired) electrons. The summed E-state index contributed by atoms with van der Waals surface area (Å²) in [5.41, 5.74) is 0.609. The van der Waals surface area contributed by atoms with E-state index in [9.17, 15) is 9.90 Å². The van der Waals surface area contributed by atoms with Gasteiger partial charge in [-0.2, -0.15) is 5.10 Å². The maximum Gasteiger partial charge on any atom is 0.358 e. The fourth-order valence-electron chi connectivity index (χ4n) is 1.66. The van der Waals surface area contributed by atoms with E-state index in [1.807, 2.05) is 6.07 Å². The SMILES string of the molecule is COc1cccc(Cn2ncc(O)c2C(=O)O)c1. The number of rotatable bonds is 4. The number of nitrogens with zero attached hydrogens (tertiary/aromatic N) is 2. The Hall–Kier alpha value is -2.50. The summed E-state index contributed by atoms with van der Waals surface area (Å²) >= 11 is 0. The predicted octanol–water partition coefficient (Wildman–Crippen LogP) is 1.34. The molecule has 0 saturated carbocycles. The summed E-state index contributed by atoms with van der Waals surface area (Å²) < 4.78 is 6.31. The van der Waals surface area contributed by atoms with Gasteiger partial charge in [0, 0.05) is 0 Å². The van der Waals surface area contributed by atoms with Crippen LogP contribution in [0.15, 0.2) is 30.5 Å². The number of aromatic carboxylic acids is 1. The third-order valence-corrected chi connectivity index (χ3v) is 2.49. The molecule has 6 heteroatoms. The van der Waals surface area contributed by atoms with Gasteiger partial charge in [-0.15, -0.1) is 0 Å². The van der Waals surface area contributed by atoms with Crippen LogP contribution >= 0.6 is 0 Å². The first kappa shape index (κ1) is 12.0. The van der Waals surface area contributed by atoms with Crippen molar-refractivity contribution >= 4 is 5.97 Å². The molecule has 0 aliphatic heterocycles. The minimum Gasteiger partial charge on any atom is -0.504 e. The molecule has 0 amide bonds. The Kier molecular flexibility index (Phi) is 3.18. The van der Waals surface area contributed by atoms with Gasteiger partial charge in [0.25, 0.3) is 0 Å². The molecular weight excluding hydrogens is 236 g/mol. The maximum atomic E-state index is 11.0. The van der Waals surface area contributed by atoms with Crippen molar-refractivity contribution in [1.29, 1.82) is 0 Å². The van der Waals surface area contributed by atoms with E-state index in [0.29, 0.717) is 5.75 Å². The first-order valence-electron chi connectivity index (χ1n) is 5.23. The van der Waals surface area contributed by atoms with Crippen molar-refractivity contribution in [2.45, 2.75) is 6.54 Å². The molecule has 0 aliphatic rings. The summed E-state index contributed by atoms with van der Waals surface area (Å²) in [5, 5.41) is 22.2. The van der Waals surface area contributed by atoms with E-state index in [1.165, 1.54) is 4.68 Å². The van der Waals surface area contributed by atoms with Gasteiger partial charge in [0.15, 0.2) is 11.4 Å². The van der Waals surface area contributed by atoms with E-state index in [1.54, 1.807) is 25.3 Å². The average molecular weight is 248 g/mol. The minimum atomic E-state index is -1.21. The zero-order valence-corrected chi connectivity index (χ0v) is 9.70. The number of aromatic nitrogens is 2. The molecule has 6 nitrogen and oxygen atoms in total. The summed E-state index contributed by atoms with van der Waals surface area (Å²) in [4.78, 5) is 11.0. The molecule has 18 heavy (non-hydrogen) atoms. The van der Waals surface area contributed by atoms with Gasteiger partial charge in [0.05, 0.1) is 19.9 Å². The van der Waals surface area contributed by atoms with Crippen LogP contribution in [0.4, 0.5) is 0 Å². The van der Waals surface area contributed by atoms with Crippen LogP contribution in [0.1, 0.15) is 16.1 Å². The molecule has 94 valence electrons. The van der Waals surface area contributed by atoms with Crippen molar-refractivity contribution in [2.75, 3.05) is 7.11 Å². The van der Waals surface area contributed by atoms with Gasteiger partial charge in [-0.3, -0.25) is 4.68 Å². The standard InChI is InChI=1S/C12H12N2O4/c1-18-9-4-2-3-8(5-9)7-14-11(12(16)17)10(15)6-13-14/h2-6,15H,7H2,1H3,(H,16,17). The van der Waals surface area contributed by atoms with Crippen LogP contribution in [0.25, 0.3) is 0 Å². The third kappa shape index (κ3) is 2.27. The van der Waals surface area contributed by atoms with Gasteiger partial charge < -0.3 is 14.9 Å². The van der Waals surface area contributed by atoms with E-state index in [0.717, 1.165) is 11.8 Å². The number of hydrogen-bond donors (Lipinski definition) is 2. The first-order chi connectivity index (χ1) is 8.61. The van der Waals surface area contributed by atoms with Crippen LogP contribution in [0.5, 0.6) is 11.5 Å². The Bertz CT molecular complexity index is 577. The first-order valence-corrected chi connectivity index (χ1v) is 5.23. The number of carbonyl (C=O) groups is 1. The number of aromatic hydroxyl groups is 1. The van der Waals surface area contributed by atoms with Gasteiger partial charge in [0.2, 0.25) is 0 Å². The highest BCUT2D eigenvalue weighted by Crippen LogP contribution is 2.18. The third-order valence-electron chi connectivity index (χ3n) is 2.49. The number of carboxylic acid groups (broad SMARTS) is 1. The van der Waals surface area contributed by atoms with E-state index in [-0.39, 0.29) is 18.0 Å². The molecule has 2 rings (SSSR count). The molecule has 1 aromatic heterocycles. The highest BCUT2D eigenvalue weighted by Gasteiger charge is 2.17. The molecule has 0 bridgehead atoms. The summed E-state index contributed by atoms with van der Waals surface area (Å²) in [6.07, 6.45) is 1.11. The monoisotopic (exact) mass is 248 g/mol. The topological polar surface area (TPSA) is 84.6 Å². The van der Waals surface area contributed by atoms with E-state index in [4.69, 9.17) is 9.84 Å². The van der Waals surface area contributed by atoms with Crippen molar-refractivity contribution in [1.82, 2.24) is 9.78 Å². The van der Waals surface area contributed by atoms with E-state index in [2.05, 4.69) is 5.10 Å². The quantitative estimate of drug-likeness (QED) is 0.853. The van der Waals surface area contributed by atoms with E-state index >= 15 is 0 Å². The zero-order valence-electron chi connectivity index (χ0n) is 9.70. The summed E-state index contributed by atoms with van der Waals surface area (Å²) in [6.45, 7) is 0.249. The second-order valence-electron chi connectivity index (χ2n) is 3.69. The van der Waals surface area contributed by atoms with Crippen LogP contribution in [0, 0.1) is 0 Å². The van der Waals surface area contributed by atoms with Crippen LogP contribution in [0.2, 0.25) is 0 Å². The number of benzene rings is 1. The van der Waals surface area contributed by atoms with Crippen molar-refractivity contribution in [3.63, 3.8) is 0 Å². The maximum absolute atomic E-state index is 11.0. The van der Waals surface area contributed by atoms with Crippen molar-refractivity contribution in [3.05, 3.63) is 41.7 Å². The lowest BCUT2D eigenvalue weighted by Gasteiger charge is -2.06. The molecule has 2 N–H and O–H groups in total. The average Bonchev–Trinajstić information content (AvgIpc) is 2.70. The molecule has 2 aromatic rings. The van der Waals surface area contributed by atoms with Crippen molar-refractivity contribution in [3.8, 4) is 11.5 Å². The summed E-state index contributed by atoms with van der Waals surface area (Å²) in [6, 6.07) is 7.21. The second-order valence-corrected chi connectivity index (χ2v) is 3.69. The van der Waals surface area contributed by atoms with E-state index < -0.39 is 5.97 Å². The Labute approximate surface area is 103 Å². The molecule has 0 saturated heterocycles. The van der Waals surface area contributed by atoms with Gasteiger partial charge in [0.1, 0.15) is 5.75 Å². The highest BCUT2D eigenvalue weighted by molar-refractivity contribution is 5.88. The molecule has 0 fully saturated rings. The smallest absolute Gasteiger partial charge is 0.358 e. The lowest BCUT2D eigenvalue weighted by molar-refractivity contribution is 0.0680. The number of carboxylic acids is 1. The fourth-order valence-corrected chi connectivity index (χ4v) is 1.66. The molecule has 1 aromatic carbocycles. The van der Waals surface area contributed by atoms with Crippen molar-refractivity contribution < 1.29 is 19.7 Å². The molecule has 1 heterocycles. The fraction of sp³-hybridized carbons (Fsp3) is 0.167. The zero-order chi connectivity index (χ0) is 13.1. The predicted molar refractivity (Wildman–Crippen MR) is 62.9 cm³/mol. The molecule has 0 unspecified atom stereocenters. The second kappa shape index (κ2) is 4.79. The van der Waals surface area contributed by atoms with Gasteiger partial charge >= 0.3 is 5.97 Å². The lowest BCUT2D eigenvalue weighted by Crippen LogP contribution is -2.11. The number of hydrogen-bond acceptors (Lipinski definition) is 4.